The fourth-order valence-corrected chi connectivity index (χ4v) is 3.35. The van der Waals surface area contributed by atoms with Crippen LogP contribution in [0, 0.1) is 11.6 Å². The van der Waals surface area contributed by atoms with Crippen molar-refractivity contribution in [2.75, 3.05) is 34.3 Å². The van der Waals surface area contributed by atoms with Gasteiger partial charge in [0.1, 0.15) is 0 Å². The number of methoxy groups -OCH3 is 1. The first-order chi connectivity index (χ1) is 12.8. The Morgan fingerprint density at radius 1 is 1.11 bits per heavy atom. The van der Waals surface area contributed by atoms with Crippen molar-refractivity contribution in [1.29, 1.82) is 0 Å². The van der Waals surface area contributed by atoms with Gasteiger partial charge in [-0.05, 0) is 49.5 Å². The van der Waals surface area contributed by atoms with Gasteiger partial charge in [-0.15, -0.1) is 0 Å². The maximum absolute atomic E-state index is 13.9. The fraction of sp³-hybridized carbons (Fsp3) is 0.350. The fourth-order valence-electron chi connectivity index (χ4n) is 3.35. The molecule has 2 atom stereocenters. The van der Waals surface area contributed by atoms with E-state index in [1.54, 1.807) is 29.2 Å². The van der Waals surface area contributed by atoms with E-state index in [-0.39, 0.29) is 18.5 Å². The summed E-state index contributed by atoms with van der Waals surface area (Å²) in [5.41, 5.74) is 1.40. The van der Waals surface area contributed by atoms with Gasteiger partial charge in [0, 0.05) is 18.7 Å². The number of halogens is 2. The van der Waals surface area contributed by atoms with Gasteiger partial charge in [0.15, 0.2) is 17.4 Å². The average Bonchev–Trinajstić information content (AvgIpc) is 3.03. The lowest BCUT2D eigenvalue weighted by atomic mass is 10.0. The van der Waals surface area contributed by atoms with Gasteiger partial charge < -0.3 is 19.6 Å². The van der Waals surface area contributed by atoms with Crippen molar-refractivity contribution in [2.24, 2.45) is 0 Å². The Bertz CT molecular complexity index is 817. The molecule has 2 aromatic rings. The Labute approximate surface area is 156 Å². The second-order valence-corrected chi connectivity index (χ2v) is 6.86. The first-order valence-electron chi connectivity index (χ1n) is 8.59. The molecule has 1 fully saturated rings. The lowest BCUT2D eigenvalue weighted by molar-refractivity contribution is 0.0764. The molecule has 1 heterocycles. The molecule has 3 rings (SSSR count). The molecule has 1 aliphatic rings. The lowest BCUT2D eigenvalue weighted by Crippen LogP contribution is -2.38. The lowest BCUT2D eigenvalue weighted by Gasteiger charge is -2.21. The van der Waals surface area contributed by atoms with Gasteiger partial charge in [0.25, 0.3) is 5.91 Å². The molecule has 27 heavy (non-hydrogen) atoms. The van der Waals surface area contributed by atoms with Crippen LogP contribution in [0.2, 0.25) is 0 Å². The molecule has 7 heteroatoms. The zero-order valence-corrected chi connectivity index (χ0v) is 15.4. The molecule has 1 saturated heterocycles. The van der Waals surface area contributed by atoms with Crippen LogP contribution in [0.3, 0.4) is 0 Å². The summed E-state index contributed by atoms with van der Waals surface area (Å²) in [6.07, 6.45) is -0.589. The second kappa shape index (κ2) is 7.62. The molecule has 5 nitrogen and oxygen atoms in total. The van der Waals surface area contributed by atoms with E-state index in [1.165, 1.54) is 19.2 Å². The number of hydrogen-bond donors (Lipinski definition) is 1. The summed E-state index contributed by atoms with van der Waals surface area (Å²) in [7, 11) is 4.94. The number of benzene rings is 2. The second-order valence-electron chi connectivity index (χ2n) is 6.86. The van der Waals surface area contributed by atoms with Crippen molar-refractivity contribution < 1.29 is 23.4 Å². The summed E-state index contributed by atoms with van der Waals surface area (Å²) in [4.78, 5) is 16.2. The van der Waals surface area contributed by atoms with E-state index in [2.05, 4.69) is 4.74 Å². The van der Waals surface area contributed by atoms with Crippen LogP contribution in [0.5, 0.6) is 5.75 Å². The van der Waals surface area contributed by atoms with E-state index in [4.69, 9.17) is 0 Å². The molecule has 0 spiro atoms. The number of β-amino-alcohol motifs (C(OH)–C–C–N with tert-alkyl or cyclic N) is 1. The molecule has 2 aromatic carbocycles. The molecule has 144 valence electrons. The monoisotopic (exact) mass is 376 g/mol. The topological polar surface area (TPSA) is 53.0 Å². The van der Waals surface area contributed by atoms with Crippen molar-refractivity contribution in [1.82, 2.24) is 9.80 Å². The van der Waals surface area contributed by atoms with Crippen LogP contribution in [0.25, 0.3) is 11.1 Å². The number of rotatable bonds is 4. The zero-order valence-electron chi connectivity index (χ0n) is 15.4. The molecule has 1 N–H and O–H groups in total. The van der Waals surface area contributed by atoms with Crippen LogP contribution in [0.1, 0.15) is 10.4 Å². The molecule has 1 amide bonds. The number of likely N-dealkylation sites (N-methyl/N-ethyl adjacent to an activating group) is 1. The van der Waals surface area contributed by atoms with Crippen molar-refractivity contribution in [3.05, 3.63) is 53.6 Å². The van der Waals surface area contributed by atoms with Crippen LogP contribution in [0.15, 0.2) is 36.4 Å². The van der Waals surface area contributed by atoms with E-state index in [0.29, 0.717) is 23.2 Å². The van der Waals surface area contributed by atoms with Crippen molar-refractivity contribution in [2.45, 2.75) is 12.1 Å². The number of amides is 1. The van der Waals surface area contributed by atoms with Crippen LogP contribution in [0.4, 0.5) is 8.78 Å². The van der Waals surface area contributed by atoms with Crippen molar-refractivity contribution in [3.63, 3.8) is 0 Å². The molecule has 0 bridgehead atoms. The first kappa shape index (κ1) is 19.3. The van der Waals surface area contributed by atoms with Gasteiger partial charge in [-0.1, -0.05) is 12.1 Å². The number of carbonyl (C=O) groups is 1. The van der Waals surface area contributed by atoms with E-state index >= 15 is 0 Å². The van der Waals surface area contributed by atoms with E-state index < -0.39 is 23.5 Å². The molecule has 1 aliphatic heterocycles. The van der Waals surface area contributed by atoms with Crippen LogP contribution < -0.4 is 4.74 Å². The first-order valence-corrected chi connectivity index (χ1v) is 8.59. The van der Waals surface area contributed by atoms with Gasteiger partial charge >= 0.3 is 0 Å². The molecular formula is C20H22F2N2O3. The molecule has 0 aliphatic carbocycles. The third kappa shape index (κ3) is 3.79. The SMILES string of the molecule is COc1c(F)cc(-c2ccc(C(=O)N3CC(O)C(N(C)C)C3)cc2)cc1F. The number of aliphatic hydroxyl groups excluding tert-OH is 1. The highest BCUT2D eigenvalue weighted by Crippen LogP contribution is 2.29. The number of aliphatic hydroxyl groups is 1. The van der Waals surface area contributed by atoms with Crippen molar-refractivity contribution in [3.8, 4) is 16.9 Å². The number of carbonyl (C=O) groups excluding carboxylic acids is 1. The van der Waals surface area contributed by atoms with Gasteiger partial charge in [-0.25, -0.2) is 8.78 Å². The highest BCUT2D eigenvalue weighted by atomic mass is 19.1. The van der Waals surface area contributed by atoms with Crippen LogP contribution in [-0.4, -0.2) is 67.3 Å². The van der Waals surface area contributed by atoms with Gasteiger partial charge in [-0.3, -0.25) is 4.79 Å². The van der Waals surface area contributed by atoms with E-state index in [1.807, 2.05) is 19.0 Å². The standard InChI is InChI=1S/C20H22F2N2O3/c1-23(2)17-10-24(11-18(17)25)20(26)13-6-4-12(5-7-13)14-8-15(21)19(27-3)16(22)9-14/h4-9,17-18,25H,10-11H2,1-3H3. The molecular weight excluding hydrogens is 354 g/mol. The number of nitrogens with zero attached hydrogens (tertiary/aromatic N) is 2. The summed E-state index contributed by atoms with van der Waals surface area (Å²) in [6, 6.07) is 8.81. The summed E-state index contributed by atoms with van der Waals surface area (Å²) in [5.74, 6) is -2.17. The highest BCUT2D eigenvalue weighted by molar-refractivity contribution is 5.95. The van der Waals surface area contributed by atoms with Crippen molar-refractivity contribution >= 4 is 5.91 Å². The number of likely N-dealkylation sites (tertiary alicyclic amines) is 1. The molecule has 0 saturated carbocycles. The third-order valence-electron chi connectivity index (χ3n) is 4.88. The zero-order chi connectivity index (χ0) is 19.7. The minimum atomic E-state index is -0.784. The normalized spacial score (nSPS) is 19.6. The van der Waals surface area contributed by atoms with Gasteiger partial charge in [0.2, 0.25) is 0 Å². The Hall–Kier alpha value is -2.51. The molecule has 0 aromatic heterocycles. The van der Waals surface area contributed by atoms with E-state index in [9.17, 15) is 18.7 Å². The number of ether oxygens (including phenoxy) is 1. The maximum Gasteiger partial charge on any atom is 0.253 e. The largest absolute Gasteiger partial charge is 0.491 e. The van der Waals surface area contributed by atoms with E-state index in [0.717, 1.165) is 0 Å². The van der Waals surface area contributed by atoms with Crippen LogP contribution >= 0.6 is 0 Å². The maximum atomic E-state index is 13.9. The average molecular weight is 376 g/mol. The number of hydrogen-bond acceptors (Lipinski definition) is 4. The predicted octanol–water partition coefficient (Wildman–Crippen LogP) is 2.39. The molecule has 0 radical (unpaired) electrons. The predicted molar refractivity (Wildman–Crippen MR) is 97.7 cm³/mol. The highest BCUT2D eigenvalue weighted by Gasteiger charge is 2.35. The van der Waals surface area contributed by atoms with Gasteiger partial charge in [0.05, 0.1) is 19.3 Å². The molecule has 2 unspecified atom stereocenters. The third-order valence-corrected chi connectivity index (χ3v) is 4.88. The Morgan fingerprint density at radius 2 is 1.70 bits per heavy atom. The minimum absolute atomic E-state index is 0.0986. The Balaban J connectivity index is 1.79. The summed E-state index contributed by atoms with van der Waals surface area (Å²) in [6.45, 7) is 0.724. The smallest absolute Gasteiger partial charge is 0.253 e. The Morgan fingerprint density at radius 3 is 2.19 bits per heavy atom. The summed E-state index contributed by atoms with van der Waals surface area (Å²) >= 11 is 0. The minimum Gasteiger partial charge on any atom is -0.491 e. The quantitative estimate of drug-likeness (QED) is 0.890. The van der Waals surface area contributed by atoms with Crippen LogP contribution in [-0.2, 0) is 0 Å². The Kier molecular flexibility index (Phi) is 5.43. The van der Waals surface area contributed by atoms with Gasteiger partial charge in [-0.2, -0.15) is 0 Å². The summed E-state index contributed by atoms with van der Waals surface area (Å²) < 4.78 is 32.5. The summed E-state index contributed by atoms with van der Waals surface area (Å²) in [5, 5.41) is 10.1.